The number of aromatic nitrogens is 6. The molecule has 0 aliphatic rings. The van der Waals surface area contributed by atoms with Crippen molar-refractivity contribution in [3.63, 3.8) is 0 Å². The molecular formula is C45H24N6O. The molecule has 0 unspecified atom stereocenters. The number of hydrogen-bond donors (Lipinski definition) is 0. The van der Waals surface area contributed by atoms with Gasteiger partial charge >= 0.3 is 0 Å². The Labute approximate surface area is 294 Å². The Morgan fingerprint density at radius 3 is 1.90 bits per heavy atom. The Kier molecular flexibility index (Phi) is 5.38. The maximum Gasteiger partial charge on any atom is 0.246 e. The van der Waals surface area contributed by atoms with Crippen molar-refractivity contribution in [2.75, 3.05) is 0 Å². The molecule has 0 N–H and O–H groups in total. The minimum atomic E-state index is 0.505. The van der Waals surface area contributed by atoms with Gasteiger partial charge in [-0.05, 0) is 65.4 Å². The summed E-state index contributed by atoms with van der Waals surface area (Å²) in [5, 5.41) is 8.04. The van der Waals surface area contributed by atoms with Crippen molar-refractivity contribution in [2.45, 2.75) is 0 Å². The lowest BCUT2D eigenvalue weighted by molar-refractivity contribution is 0.655. The molecule has 52 heavy (non-hydrogen) atoms. The monoisotopic (exact) mass is 664 g/mol. The maximum atomic E-state index is 6.17. The lowest BCUT2D eigenvalue weighted by Crippen LogP contribution is -2.00. The number of benzene rings is 7. The molecule has 0 aliphatic carbocycles. The lowest BCUT2D eigenvalue weighted by Gasteiger charge is -2.14. The average molecular weight is 665 g/mol. The second-order valence-corrected chi connectivity index (χ2v) is 13.3. The molecule has 5 heterocycles. The summed E-state index contributed by atoms with van der Waals surface area (Å²) >= 11 is 0. The molecule has 0 spiro atoms. The predicted molar refractivity (Wildman–Crippen MR) is 209 cm³/mol. The first kappa shape index (κ1) is 27.6. The Hall–Kier alpha value is -7.25. The van der Waals surface area contributed by atoms with Crippen molar-refractivity contribution in [2.24, 2.45) is 0 Å². The van der Waals surface area contributed by atoms with Gasteiger partial charge in [0, 0.05) is 43.6 Å². The Balaban J connectivity index is 1.15. The van der Waals surface area contributed by atoms with E-state index in [1.807, 2.05) is 66.7 Å². The van der Waals surface area contributed by atoms with Gasteiger partial charge in [0.05, 0.1) is 27.6 Å². The van der Waals surface area contributed by atoms with Gasteiger partial charge in [-0.15, -0.1) is 0 Å². The van der Waals surface area contributed by atoms with Gasteiger partial charge in [0.1, 0.15) is 11.1 Å². The summed E-state index contributed by atoms with van der Waals surface area (Å²) in [6.07, 6.45) is 0. The van der Waals surface area contributed by atoms with Gasteiger partial charge in [0.2, 0.25) is 5.71 Å². The molecule has 0 radical (unpaired) electrons. The summed E-state index contributed by atoms with van der Waals surface area (Å²) in [5.41, 5.74) is 9.79. The third kappa shape index (κ3) is 3.82. The van der Waals surface area contributed by atoms with Crippen molar-refractivity contribution < 1.29 is 4.42 Å². The van der Waals surface area contributed by atoms with Crippen molar-refractivity contribution in [1.82, 2.24) is 29.3 Å². The van der Waals surface area contributed by atoms with E-state index in [0.29, 0.717) is 34.3 Å². The fraction of sp³-hybridized carbons (Fsp3) is 0. The van der Waals surface area contributed by atoms with Gasteiger partial charge in [0.15, 0.2) is 17.5 Å². The van der Waals surface area contributed by atoms with E-state index in [9.17, 15) is 0 Å². The molecule has 7 aromatic carbocycles. The van der Waals surface area contributed by atoms with Gasteiger partial charge in [-0.2, -0.15) is 0 Å². The summed E-state index contributed by atoms with van der Waals surface area (Å²) in [5.74, 6) is 1.78. The van der Waals surface area contributed by atoms with Gasteiger partial charge in [0.25, 0.3) is 0 Å². The van der Waals surface area contributed by atoms with Crippen LogP contribution < -0.4 is 0 Å². The quantitative estimate of drug-likeness (QED) is 0.138. The van der Waals surface area contributed by atoms with Crippen LogP contribution in [0.1, 0.15) is 0 Å². The Bertz CT molecular complexity index is 3410. The summed E-state index contributed by atoms with van der Waals surface area (Å²) in [6.45, 7) is 0. The van der Waals surface area contributed by atoms with Crippen molar-refractivity contribution >= 4 is 82.1 Å². The molecule has 7 nitrogen and oxygen atoms in total. The van der Waals surface area contributed by atoms with E-state index in [2.05, 4.69) is 83.3 Å². The number of para-hydroxylation sites is 3. The normalized spacial score (nSPS) is 12.2. The summed E-state index contributed by atoms with van der Waals surface area (Å²) in [6, 6.07) is 50.2. The molecular weight excluding hydrogens is 641 g/mol. The molecule has 0 fully saturated rings. The molecule has 240 valence electrons. The highest BCUT2D eigenvalue weighted by atomic mass is 16.3. The van der Waals surface area contributed by atoms with Crippen LogP contribution in [0.5, 0.6) is 0 Å². The Morgan fingerprint density at radius 1 is 0.423 bits per heavy atom. The van der Waals surface area contributed by atoms with E-state index in [0.717, 1.165) is 43.9 Å². The maximum absolute atomic E-state index is 6.17. The van der Waals surface area contributed by atoms with Crippen molar-refractivity contribution in [3.05, 3.63) is 146 Å². The second kappa shape index (κ2) is 10.2. The zero-order valence-corrected chi connectivity index (χ0v) is 27.4. The zero-order valence-electron chi connectivity index (χ0n) is 27.4. The van der Waals surface area contributed by atoms with Crippen LogP contribution in [0.2, 0.25) is 0 Å². The smallest absolute Gasteiger partial charge is 0.246 e. The van der Waals surface area contributed by atoms with Gasteiger partial charge < -0.3 is 8.82 Å². The SMILES string of the molecule is c1ccc(-c2nc(-c3ccc4oc5nc6ccccc6nc5c4c3)nc(-c3cc4c5cccc6cccc(c65)n5c6ccccc6c(c3)c45)n2)cc1. The van der Waals surface area contributed by atoms with Gasteiger partial charge in [-0.3, -0.25) is 0 Å². The fourth-order valence-electron chi connectivity index (χ4n) is 8.04. The van der Waals surface area contributed by atoms with E-state index in [-0.39, 0.29) is 0 Å². The number of furan rings is 1. The number of fused-ring (bicyclic) bond motifs is 9. The van der Waals surface area contributed by atoms with E-state index < -0.39 is 0 Å². The van der Waals surface area contributed by atoms with Crippen LogP contribution in [0.4, 0.5) is 0 Å². The van der Waals surface area contributed by atoms with Crippen molar-refractivity contribution in [1.29, 1.82) is 0 Å². The standard InChI is InChI=1S/C45H24N6O/c1-2-10-26(11-3-1)42-48-43(27-20-21-38-33(22-27)40-45(52-38)47-35-17-6-5-16-34(35)46-40)50-44(49-42)28-23-31-29-14-4-7-18-36(29)51-37-19-9-13-25-12-8-15-30(39(25)37)32(24-28)41(31)51/h1-24H. The largest absolute Gasteiger partial charge is 0.436 e. The molecule has 12 aromatic rings. The zero-order chi connectivity index (χ0) is 33.9. The summed E-state index contributed by atoms with van der Waals surface area (Å²) in [4.78, 5) is 25.1. The molecule has 0 aliphatic heterocycles. The van der Waals surface area contributed by atoms with Gasteiger partial charge in [-0.1, -0.05) is 91.0 Å². The predicted octanol–water partition coefficient (Wildman–Crippen LogP) is 11.0. The molecule has 0 bridgehead atoms. The highest BCUT2D eigenvalue weighted by Gasteiger charge is 2.21. The third-order valence-electron chi connectivity index (χ3n) is 10.3. The van der Waals surface area contributed by atoms with E-state index in [1.165, 1.54) is 38.1 Å². The van der Waals surface area contributed by atoms with Crippen molar-refractivity contribution in [3.8, 4) is 34.2 Å². The molecule has 0 amide bonds. The van der Waals surface area contributed by atoms with Crippen LogP contribution in [0.15, 0.2) is 150 Å². The Morgan fingerprint density at radius 2 is 1.06 bits per heavy atom. The molecule has 0 saturated carbocycles. The molecule has 5 aromatic heterocycles. The number of nitrogens with zero attached hydrogens (tertiary/aromatic N) is 6. The molecule has 0 atom stereocenters. The minimum absolute atomic E-state index is 0.505. The number of pyridine rings is 1. The first-order chi connectivity index (χ1) is 25.7. The van der Waals surface area contributed by atoms with Crippen LogP contribution in [0, 0.1) is 0 Å². The molecule has 7 heteroatoms. The van der Waals surface area contributed by atoms with Gasteiger partial charge in [-0.25, -0.2) is 24.9 Å². The highest BCUT2D eigenvalue weighted by molar-refractivity contribution is 6.27. The summed E-state index contributed by atoms with van der Waals surface area (Å²) in [7, 11) is 0. The average Bonchev–Trinajstić information content (AvgIpc) is 3.74. The second-order valence-electron chi connectivity index (χ2n) is 13.3. The van der Waals surface area contributed by atoms with Crippen LogP contribution >= 0.6 is 0 Å². The topological polar surface area (TPSA) is 82.0 Å². The number of hydrogen-bond acceptors (Lipinski definition) is 6. The van der Waals surface area contributed by atoms with Crippen LogP contribution in [0.25, 0.3) is 116 Å². The molecule has 12 rings (SSSR count). The van der Waals surface area contributed by atoms with E-state index in [4.69, 9.17) is 29.3 Å². The summed E-state index contributed by atoms with van der Waals surface area (Å²) < 4.78 is 8.59. The highest BCUT2D eigenvalue weighted by Crippen LogP contribution is 2.42. The first-order valence-corrected chi connectivity index (χ1v) is 17.3. The lowest BCUT2D eigenvalue weighted by atomic mass is 9.97. The van der Waals surface area contributed by atoms with Crippen LogP contribution in [-0.4, -0.2) is 29.3 Å². The minimum Gasteiger partial charge on any atom is -0.436 e. The fourth-order valence-corrected chi connectivity index (χ4v) is 8.04. The third-order valence-corrected chi connectivity index (χ3v) is 10.3. The van der Waals surface area contributed by atoms with E-state index >= 15 is 0 Å². The van der Waals surface area contributed by atoms with Crippen LogP contribution in [-0.2, 0) is 0 Å². The molecule has 0 saturated heterocycles. The van der Waals surface area contributed by atoms with Crippen LogP contribution in [0.3, 0.4) is 0 Å². The van der Waals surface area contributed by atoms with E-state index in [1.54, 1.807) is 0 Å². The number of rotatable bonds is 3. The first-order valence-electron chi connectivity index (χ1n) is 17.3.